The maximum absolute atomic E-state index is 13.4. The number of hydrogen-bond acceptors (Lipinski definition) is 5. The Kier molecular flexibility index (Phi) is 4.61. The highest BCUT2D eigenvalue weighted by atomic mass is 19.4. The lowest BCUT2D eigenvalue weighted by molar-refractivity contribution is -0.432. The van der Waals surface area contributed by atoms with Gasteiger partial charge in [-0.1, -0.05) is 18.2 Å². The summed E-state index contributed by atoms with van der Waals surface area (Å²) < 4.78 is 40.1. The summed E-state index contributed by atoms with van der Waals surface area (Å²) in [5, 5.41) is 23.1. The van der Waals surface area contributed by atoms with Crippen LogP contribution in [-0.2, 0) is 11.0 Å². The van der Waals surface area contributed by atoms with Crippen molar-refractivity contribution in [3.05, 3.63) is 68.2 Å². The minimum Gasteiger partial charge on any atom is -0.545 e. The molecule has 0 fully saturated rings. The summed E-state index contributed by atoms with van der Waals surface area (Å²) in [5.41, 5.74) is -2.64. The molecule has 1 aliphatic rings. The average molecular weight is 355 g/mol. The predicted molar refractivity (Wildman–Crippen MR) is 79.3 cm³/mol. The van der Waals surface area contributed by atoms with Crippen molar-refractivity contribution in [3.63, 3.8) is 0 Å². The Morgan fingerprint density at radius 1 is 1.20 bits per heavy atom. The molecular weight excluding hydrogens is 341 g/mol. The quantitative estimate of drug-likeness (QED) is 0.613. The number of rotatable bonds is 3. The molecule has 0 spiro atoms. The number of carboxylic acids is 1. The number of alkyl halides is 3. The zero-order valence-electron chi connectivity index (χ0n) is 13.5. The van der Waals surface area contributed by atoms with Crippen LogP contribution in [0.4, 0.5) is 13.2 Å². The fraction of sp³-hybridized carbons (Fsp3) is 0.312. The van der Waals surface area contributed by atoms with Crippen LogP contribution >= 0.6 is 0 Å². The number of benzene rings is 1. The van der Waals surface area contributed by atoms with Gasteiger partial charge in [0.25, 0.3) is 5.70 Å². The predicted octanol–water partition coefficient (Wildman–Crippen LogP) is 2.27. The second-order valence-corrected chi connectivity index (χ2v) is 5.59. The van der Waals surface area contributed by atoms with Crippen LogP contribution in [0, 0.1) is 10.1 Å². The largest absolute Gasteiger partial charge is 0.545 e. The second-order valence-electron chi connectivity index (χ2n) is 5.59. The number of nitrogens with zero attached hydrogens (tertiary/aromatic N) is 2. The van der Waals surface area contributed by atoms with E-state index in [-0.39, 0.29) is 11.4 Å². The van der Waals surface area contributed by atoms with Crippen molar-refractivity contribution < 1.29 is 28.0 Å². The SMILES string of the molecule is CC1=C(C(=O)[O-])C(c2ccccc2C(F)(F)F)C([N+](=O)[O-])=C(C)N1C. The van der Waals surface area contributed by atoms with Gasteiger partial charge in [-0.25, -0.2) is 0 Å². The number of allylic oxidation sites excluding steroid dienone is 3. The average Bonchev–Trinajstić information content (AvgIpc) is 2.50. The Hall–Kier alpha value is -2.84. The molecule has 1 aromatic carbocycles. The molecule has 9 heteroatoms. The van der Waals surface area contributed by atoms with Crippen LogP contribution in [0.3, 0.4) is 0 Å². The highest BCUT2D eigenvalue weighted by Gasteiger charge is 2.44. The molecule has 0 N–H and O–H groups in total. The van der Waals surface area contributed by atoms with E-state index in [1.807, 2.05) is 0 Å². The van der Waals surface area contributed by atoms with E-state index in [0.717, 1.165) is 18.2 Å². The van der Waals surface area contributed by atoms with Crippen molar-refractivity contribution in [1.29, 1.82) is 0 Å². The van der Waals surface area contributed by atoms with Crippen molar-refractivity contribution >= 4 is 5.97 Å². The zero-order chi connectivity index (χ0) is 19.1. The maximum Gasteiger partial charge on any atom is 0.416 e. The van der Waals surface area contributed by atoms with Crippen LogP contribution < -0.4 is 5.11 Å². The lowest BCUT2D eigenvalue weighted by atomic mass is 9.81. The number of carboxylic acid groups (broad SMARTS) is 1. The molecule has 6 nitrogen and oxygen atoms in total. The van der Waals surface area contributed by atoms with Crippen molar-refractivity contribution in [2.75, 3.05) is 7.05 Å². The van der Waals surface area contributed by atoms with Crippen molar-refractivity contribution in [1.82, 2.24) is 4.90 Å². The van der Waals surface area contributed by atoms with Gasteiger partial charge in [0.05, 0.1) is 22.2 Å². The molecular formula is C16H14F3N2O4-. The van der Waals surface area contributed by atoms with Gasteiger partial charge in [0.15, 0.2) is 0 Å². The first-order valence-electron chi connectivity index (χ1n) is 7.15. The molecule has 1 atom stereocenters. The molecule has 25 heavy (non-hydrogen) atoms. The summed E-state index contributed by atoms with van der Waals surface area (Å²) in [7, 11) is 1.41. The van der Waals surface area contributed by atoms with Gasteiger partial charge in [0.1, 0.15) is 5.92 Å². The molecule has 0 radical (unpaired) electrons. The molecule has 134 valence electrons. The van der Waals surface area contributed by atoms with Crippen molar-refractivity contribution in [3.8, 4) is 0 Å². The number of carbonyl (C=O) groups excluding carboxylic acids is 1. The minimum atomic E-state index is -4.79. The number of aliphatic carboxylic acids is 1. The summed E-state index contributed by atoms with van der Waals surface area (Å²) in [5.74, 6) is -3.44. The monoisotopic (exact) mass is 355 g/mol. The molecule has 1 heterocycles. The van der Waals surface area contributed by atoms with E-state index in [1.54, 1.807) is 0 Å². The van der Waals surface area contributed by atoms with Gasteiger partial charge in [-0.05, 0) is 25.5 Å². The van der Waals surface area contributed by atoms with Gasteiger partial charge < -0.3 is 14.8 Å². The third kappa shape index (κ3) is 3.09. The van der Waals surface area contributed by atoms with Gasteiger partial charge in [0.2, 0.25) is 0 Å². The first kappa shape index (κ1) is 18.5. The van der Waals surface area contributed by atoms with Crippen LogP contribution in [0.1, 0.15) is 30.9 Å². The third-order valence-corrected chi connectivity index (χ3v) is 4.32. The first-order chi connectivity index (χ1) is 11.5. The third-order valence-electron chi connectivity index (χ3n) is 4.32. The van der Waals surface area contributed by atoms with E-state index < -0.39 is 45.4 Å². The first-order valence-corrected chi connectivity index (χ1v) is 7.15. The summed E-state index contributed by atoms with van der Waals surface area (Å²) in [6.45, 7) is 2.73. The second kappa shape index (κ2) is 6.23. The summed E-state index contributed by atoms with van der Waals surface area (Å²) in [6.07, 6.45) is -4.79. The van der Waals surface area contributed by atoms with Gasteiger partial charge in [-0.3, -0.25) is 10.1 Å². The van der Waals surface area contributed by atoms with Crippen LogP contribution in [0.15, 0.2) is 46.9 Å². The summed E-state index contributed by atoms with van der Waals surface area (Å²) in [4.78, 5) is 23.6. The Labute approximate surface area is 141 Å². The molecule has 0 saturated heterocycles. The number of carbonyl (C=O) groups is 1. The topological polar surface area (TPSA) is 86.5 Å². The lowest BCUT2D eigenvalue weighted by Crippen LogP contribution is -2.38. The molecule has 1 aromatic rings. The lowest BCUT2D eigenvalue weighted by Gasteiger charge is -2.34. The standard InChI is InChI=1S/C16H15F3N2O4/c1-8-12(15(22)23)13(14(21(24)25)9(2)20(8)3)10-6-4-5-7-11(10)16(17,18)19/h4-7,13H,1-3H3,(H,22,23)/p-1. The maximum atomic E-state index is 13.4. The smallest absolute Gasteiger partial charge is 0.416 e. The molecule has 1 aliphatic heterocycles. The van der Waals surface area contributed by atoms with E-state index in [0.29, 0.717) is 0 Å². The van der Waals surface area contributed by atoms with E-state index in [2.05, 4.69) is 0 Å². The van der Waals surface area contributed by atoms with E-state index in [4.69, 9.17) is 0 Å². The van der Waals surface area contributed by atoms with Crippen molar-refractivity contribution in [2.45, 2.75) is 25.9 Å². The number of hydrogen-bond donors (Lipinski definition) is 0. The summed E-state index contributed by atoms with van der Waals surface area (Å²) >= 11 is 0. The molecule has 0 bridgehead atoms. The Morgan fingerprint density at radius 3 is 2.24 bits per heavy atom. The van der Waals surface area contributed by atoms with Crippen molar-refractivity contribution in [2.24, 2.45) is 0 Å². The fourth-order valence-corrected chi connectivity index (χ4v) is 2.97. The van der Waals surface area contributed by atoms with Gasteiger partial charge >= 0.3 is 6.18 Å². The van der Waals surface area contributed by atoms with Crippen LogP contribution in [-0.4, -0.2) is 22.8 Å². The number of halogens is 3. The van der Waals surface area contributed by atoms with E-state index in [1.165, 1.54) is 31.9 Å². The molecule has 0 aliphatic carbocycles. The Balaban J connectivity index is 2.88. The highest BCUT2D eigenvalue weighted by Crippen LogP contribution is 2.45. The van der Waals surface area contributed by atoms with Crippen LogP contribution in [0.5, 0.6) is 0 Å². The Morgan fingerprint density at radius 2 is 1.76 bits per heavy atom. The normalized spacial score (nSPS) is 18.6. The van der Waals surface area contributed by atoms with Crippen LogP contribution in [0.2, 0.25) is 0 Å². The molecule has 0 saturated carbocycles. The molecule has 0 amide bonds. The molecule has 1 unspecified atom stereocenters. The van der Waals surface area contributed by atoms with Gasteiger partial charge in [-0.15, -0.1) is 0 Å². The van der Waals surface area contributed by atoms with E-state index >= 15 is 0 Å². The van der Waals surface area contributed by atoms with Gasteiger partial charge in [-0.2, -0.15) is 13.2 Å². The molecule has 2 rings (SSSR count). The number of nitro groups is 1. The van der Waals surface area contributed by atoms with Gasteiger partial charge in [0, 0.05) is 18.3 Å². The van der Waals surface area contributed by atoms with E-state index in [9.17, 15) is 33.2 Å². The summed E-state index contributed by atoms with van der Waals surface area (Å²) in [6, 6.07) is 4.23. The minimum absolute atomic E-state index is 0.0643. The molecule has 0 aromatic heterocycles. The highest BCUT2D eigenvalue weighted by molar-refractivity contribution is 5.89. The fourth-order valence-electron chi connectivity index (χ4n) is 2.97. The van der Waals surface area contributed by atoms with Crippen LogP contribution in [0.25, 0.3) is 0 Å². The zero-order valence-corrected chi connectivity index (χ0v) is 13.5. The Bertz CT molecular complexity index is 774.